The maximum absolute atomic E-state index is 5.69. The minimum absolute atomic E-state index is 0.478. The van der Waals surface area contributed by atoms with Gasteiger partial charge in [0, 0.05) is 18.8 Å². The molecule has 1 heterocycles. The standard InChI is InChI=1S/C14H22N2/c1-14(2)8-3-9-16(11-14)10-12-4-6-13(15)7-5-12/h4-7H,3,8-11,15H2,1-2H3. The van der Waals surface area contributed by atoms with Gasteiger partial charge in [-0.1, -0.05) is 26.0 Å². The van der Waals surface area contributed by atoms with Crippen LogP contribution in [-0.2, 0) is 6.54 Å². The fourth-order valence-corrected chi connectivity index (χ4v) is 2.56. The maximum Gasteiger partial charge on any atom is 0.0314 e. The molecule has 0 saturated carbocycles. The fraction of sp³-hybridized carbons (Fsp3) is 0.571. The van der Waals surface area contributed by atoms with Crippen LogP contribution in [0, 0.1) is 5.41 Å². The predicted molar refractivity (Wildman–Crippen MR) is 69.1 cm³/mol. The number of benzene rings is 1. The summed E-state index contributed by atoms with van der Waals surface area (Å²) in [5.41, 5.74) is 8.38. The van der Waals surface area contributed by atoms with Crippen molar-refractivity contribution in [1.29, 1.82) is 0 Å². The summed E-state index contributed by atoms with van der Waals surface area (Å²) in [6.07, 6.45) is 2.67. The van der Waals surface area contributed by atoms with E-state index in [2.05, 4.69) is 30.9 Å². The van der Waals surface area contributed by atoms with Crippen molar-refractivity contribution in [2.24, 2.45) is 5.41 Å². The Kier molecular flexibility index (Phi) is 3.20. The lowest BCUT2D eigenvalue weighted by molar-refractivity contribution is 0.112. The molecule has 1 aromatic rings. The number of nitrogens with zero attached hydrogens (tertiary/aromatic N) is 1. The Morgan fingerprint density at radius 1 is 1.25 bits per heavy atom. The number of rotatable bonds is 2. The Balaban J connectivity index is 1.97. The normalized spacial score (nSPS) is 20.9. The molecule has 1 aliphatic rings. The van der Waals surface area contributed by atoms with E-state index < -0.39 is 0 Å². The molecule has 1 saturated heterocycles. The molecule has 0 bridgehead atoms. The first-order valence-electron chi connectivity index (χ1n) is 6.12. The van der Waals surface area contributed by atoms with Crippen LogP contribution in [0.1, 0.15) is 32.3 Å². The number of nitrogen functional groups attached to an aromatic ring is 1. The molecule has 2 N–H and O–H groups in total. The van der Waals surface area contributed by atoms with Crippen molar-refractivity contribution in [1.82, 2.24) is 4.90 Å². The van der Waals surface area contributed by atoms with Crippen LogP contribution in [0.4, 0.5) is 5.69 Å². The summed E-state index contributed by atoms with van der Waals surface area (Å²) >= 11 is 0. The molecule has 16 heavy (non-hydrogen) atoms. The lowest BCUT2D eigenvalue weighted by atomic mass is 9.84. The van der Waals surface area contributed by atoms with Crippen LogP contribution in [0.25, 0.3) is 0 Å². The second-order valence-electron chi connectivity index (χ2n) is 5.72. The van der Waals surface area contributed by atoms with Gasteiger partial charge in [-0.2, -0.15) is 0 Å². The molecular weight excluding hydrogens is 196 g/mol. The van der Waals surface area contributed by atoms with Crippen LogP contribution in [-0.4, -0.2) is 18.0 Å². The highest BCUT2D eigenvalue weighted by Crippen LogP contribution is 2.29. The van der Waals surface area contributed by atoms with Crippen LogP contribution in [0.5, 0.6) is 0 Å². The van der Waals surface area contributed by atoms with Gasteiger partial charge in [-0.3, -0.25) is 4.90 Å². The van der Waals surface area contributed by atoms with Gasteiger partial charge in [0.15, 0.2) is 0 Å². The van der Waals surface area contributed by atoms with Crippen LogP contribution in [0.15, 0.2) is 24.3 Å². The average Bonchev–Trinajstić information content (AvgIpc) is 2.20. The van der Waals surface area contributed by atoms with E-state index in [1.807, 2.05) is 12.1 Å². The summed E-state index contributed by atoms with van der Waals surface area (Å²) in [4.78, 5) is 2.55. The van der Waals surface area contributed by atoms with Crippen molar-refractivity contribution >= 4 is 5.69 Å². The van der Waals surface area contributed by atoms with Crippen LogP contribution in [0.2, 0.25) is 0 Å². The third kappa shape index (κ3) is 2.99. The highest BCUT2D eigenvalue weighted by Gasteiger charge is 2.25. The number of nitrogens with two attached hydrogens (primary N) is 1. The molecule has 0 radical (unpaired) electrons. The summed E-state index contributed by atoms with van der Waals surface area (Å²) in [7, 11) is 0. The van der Waals surface area contributed by atoms with E-state index >= 15 is 0 Å². The molecule has 2 rings (SSSR count). The number of anilines is 1. The van der Waals surface area contributed by atoms with E-state index in [1.54, 1.807) is 0 Å². The van der Waals surface area contributed by atoms with E-state index in [-0.39, 0.29) is 0 Å². The first-order chi connectivity index (χ1) is 7.55. The van der Waals surface area contributed by atoms with Gasteiger partial charge in [-0.05, 0) is 42.5 Å². The Labute approximate surface area is 98.4 Å². The van der Waals surface area contributed by atoms with Gasteiger partial charge in [0.25, 0.3) is 0 Å². The lowest BCUT2D eigenvalue weighted by Gasteiger charge is -2.38. The summed E-state index contributed by atoms with van der Waals surface area (Å²) < 4.78 is 0. The van der Waals surface area contributed by atoms with Crippen molar-refractivity contribution < 1.29 is 0 Å². The maximum atomic E-state index is 5.69. The highest BCUT2D eigenvalue weighted by atomic mass is 15.1. The van der Waals surface area contributed by atoms with Gasteiger partial charge >= 0.3 is 0 Å². The SMILES string of the molecule is CC1(C)CCCN(Cc2ccc(N)cc2)C1. The minimum Gasteiger partial charge on any atom is -0.399 e. The molecule has 1 fully saturated rings. The van der Waals surface area contributed by atoms with E-state index in [0.717, 1.165) is 12.2 Å². The quantitative estimate of drug-likeness (QED) is 0.773. The van der Waals surface area contributed by atoms with Gasteiger partial charge in [0.1, 0.15) is 0 Å². The minimum atomic E-state index is 0.478. The van der Waals surface area contributed by atoms with Crippen molar-refractivity contribution in [3.63, 3.8) is 0 Å². The zero-order valence-corrected chi connectivity index (χ0v) is 10.4. The molecule has 0 spiro atoms. The third-order valence-corrected chi connectivity index (χ3v) is 3.37. The first-order valence-corrected chi connectivity index (χ1v) is 6.12. The third-order valence-electron chi connectivity index (χ3n) is 3.37. The molecule has 2 nitrogen and oxygen atoms in total. The zero-order valence-electron chi connectivity index (χ0n) is 10.4. The van der Waals surface area contributed by atoms with Crippen LogP contribution < -0.4 is 5.73 Å². The largest absolute Gasteiger partial charge is 0.399 e. The Bertz CT molecular complexity index is 340. The van der Waals surface area contributed by atoms with Gasteiger partial charge < -0.3 is 5.73 Å². The average molecular weight is 218 g/mol. The van der Waals surface area contributed by atoms with Crippen molar-refractivity contribution in [3.05, 3.63) is 29.8 Å². The molecule has 1 aromatic carbocycles. The van der Waals surface area contributed by atoms with E-state index in [9.17, 15) is 0 Å². The molecule has 0 atom stereocenters. The monoisotopic (exact) mass is 218 g/mol. The zero-order chi connectivity index (χ0) is 11.6. The summed E-state index contributed by atoms with van der Waals surface area (Å²) in [5.74, 6) is 0. The van der Waals surface area contributed by atoms with E-state index in [0.29, 0.717) is 5.41 Å². The van der Waals surface area contributed by atoms with Gasteiger partial charge in [0.2, 0.25) is 0 Å². The topological polar surface area (TPSA) is 29.3 Å². The summed E-state index contributed by atoms with van der Waals surface area (Å²) in [5, 5.41) is 0. The van der Waals surface area contributed by atoms with Gasteiger partial charge in [-0.25, -0.2) is 0 Å². The first kappa shape index (κ1) is 11.5. The second-order valence-corrected chi connectivity index (χ2v) is 5.72. The van der Waals surface area contributed by atoms with Crippen molar-refractivity contribution in [2.45, 2.75) is 33.2 Å². The van der Waals surface area contributed by atoms with Gasteiger partial charge in [0.05, 0.1) is 0 Å². The lowest BCUT2D eigenvalue weighted by Crippen LogP contribution is -2.39. The Hall–Kier alpha value is -1.02. The van der Waals surface area contributed by atoms with E-state index in [4.69, 9.17) is 5.73 Å². The number of hydrogen-bond acceptors (Lipinski definition) is 2. The smallest absolute Gasteiger partial charge is 0.0314 e. The number of likely N-dealkylation sites (tertiary alicyclic amines) is 1. The summed E-state index contributed by atoms with van der Waals surface area (Å²) in [6, 6.07) is 8.25. The number of piperidine rings is 1. The van der Waals surface area contributed by atoms with Crippen molar-refractivity contribution in [2.75, 3.05) is 18.8 Å². The molecule has 0 aliphatic carbocycles. The van der Waals surface area contributed by atoms with Gasteiger partial charge in [-0.15, -0.1) is 0 Å². The summed E-state index contributed by atoms with van der Waals surface area (Å²) in [6.45, 7) is 8.22. The Morgan fingerprint density at radius 3 is 2.56 bits per heavy atom. The number of hydrogen-bond donors (Lipinski definition) is 1. The molecule has 0 unspecified atom stereocenters. The predicted octanol–water partition coefficient (Wildman–Crippen LogP) is 2.89. The fourth-order valence-electron chi connectivity index (χ4n) is 2.56. The van der Waals surface area contributed by atoms with E-state index in [1.165, 1.54) is 31.5 Å². The molecule has 0 amide bonds. The molecule has 0 aromatic heterocycles. The van der Waals surface area contributed by atoms with Crippen molar-refractivity contribution in [3.8, 4) is 0 Å². The second kappa shape index (κ2) is 4.46. The Morgan fingerprint density at radius 2 is 1.94 bits per heavy atom. The molecular formula is C14H22N2. The molecule has 88 valence electrons. The molecule has 1 aliphatic heterocycles. The van der Waals surface area contributed by atoms with Crippen LogP contribution >= 0.6 is 0 Å². The molecule has 2 heteroatoms. The highest BCUT2D eigenvalue weighted by molar-refractivity contribution is 5.39. The van der Waals surface area contributed by atoms with Crippen LogP contribution in [0.3, 0.4) is 0 Å².